The molecule has 2 aromatic carbocycles. The summed E-state index contributed by atoms with van der Waals surface area (Å²) in [6.45, 7) is 0.363. The molecule has 2 aromatic rings. The van der Waals surface area contributed by atoms with Crippen molar-refractivity contribution >= 4 is 39.5 Å². The third-order valence-corrected chi connectivity index (χ3v) is 5.17. The summed E-state index contributed by atoms with van der Waals surface area (Å²) in [6.07, 6.45) is -4.33. The Morgan fingerprint density at radius 3 is 2.64 bits per heavy atom. The largest absolute Gasteiger partial charge is 0.482 e. The first-order valence-electron chi connectivity index (χ1n) is 7.15. The third kappa shape index (κ3) is 4.47. The van der Waals surface area contributed by atoms with Crippen molar-refractivity contribution in [3.63, 3.8) is 0 Å². The second kappa shape index (κ2) is 7.27. The highest BCUT2D eigenvalue weighted by molar-refractivity contribution is 9.10. The molecule has 0 bridgehead atoms. The summed E-state index contributed by atoms with van der Waals surface area (Å²) in [7, 11) is 0. The maximum Gasteiger partial charge on any atom is 0.416 e. The van der Waals surface area contributed by atoms with E-state index in [0.717, 1.165) is 27.1 Å². The summed E-state index contributed by atoms with van der Waals surface area (Å²) in [5.41, 5.74) is 0.661. The topological polar surface area (TPSA) is 50.4 Å². The number of halogens is 4. The number of nitrogens with one attached hydrogen (secondary N) is 2. The fourth-order valence-corrected chi connectivity index (χ4v) is 3.47. The predicted molar refractivity (Wildman–Crippen MR) is 92.4 cm³/mol. The van der Waals surface area contributed by atoms with Gasteiger partial charge in [-0.15, -0.1) is 0 Å². The number of alkyl halides is 3. The first-order chi connectivity index (χ1) is 11.8. The van der Waals surface area contributed by atoms with Crippen LogP contribution in [0.15, 0.2) is 45.8 Å². The minimum Gasteiger partial charge on any atom is -0.482 e. The molecule has 0 atom stereocenters. The number of hydrogen-bond donors (Lipinski definition) is 2. The van der Waals surface area contributed by atoms with Gasteiger partial charge in [0.1, 0.15) is 5.75 Å². The average molecular weight is 433 g/mol. The number of rotatable bonds is 4. The van der Waals surface area contributed by atoms with Crippen LogP contribution in [0.3, 0.4) is 0 Å². The van der Waals surface area contributed by atoms with Gasteiger partial charge in [0.25, 0.3) is 5.91 Å². The molecule has 0 spiro atoms. The van der Waals surface area contributed by atoms with Crippen LogP contribution in [0.2, 0.25) is 0 Å². The van der Waals surface area contributed by atoms with E-state index in [0.29, 0.717) is 18.0 Å². The predicted octanol–water partition coefficient (Wildman–Crippen LogP) is 4.60. The maximum atomic E-state index is 12.5. The van der Waals surface area contributed by atoms with E-state index in [1.165, 1.54) is 24.1 Å². The van der Waals surface area contributed by atoms with Crippen LogP contribution in [0, 0.1) is 0 Å². The lowest BCUT2D eigenvalue weighted by Crippen LogP contribution is -2.25. The Balaban J connectivity index is 1.61. The van der Waals surface area contributed by atoms with E-state index in [1.54, 1.807) is 12.1 Å². The molecule has 0 radical (unpaired) electrons. The van der Waals surface area contributed by atoms with Crippen molar-refractivity contribution < 1.29 is 22.7 Å². The lowest BCUT2D eigenvalue weighted by Gasteiger charge is -2.19. The number of carbonyl (C=O) groups is 1. The molecule has 3 rings (SSSR count). The van der Waals surface area contributed by atoms with Gasteiger partial charge in [-0.1, -0.05) is 12.1 Å². The second-order valence-electron chi connectivity index (χ2n) is 5.23. The summed E-state index contributed by atoms with van der Waals surface area (Å²) in [5, 5.41) is 2.71. The van der Waals surface area contributed by atoms with Crippen LogP contribution in [0.1, 0.15) is 11.1 Å². The minimum atomic E-state index is -4.33. The number of ether oxygens (including phenoxy) is 1. The molecule has 1 amide bonds. The fraction of sp³-hybridized carbons (Fsp3) is 0.188. The first-order valence-corrected chi connectivity index (χ1v) is 8.76. The number of hydrogen-bond acceptors (Lipinski definition) is 4. The summed E-state index contributed by atoms with van der Waals surface area (Å²) in [4.78, 5) is 12.1. The quantitative estimate of drug-likeness (QED) is 0.693. The molecule has 0 saturated carbocycles. The van der Waals surface area contributed by atoms with Crippen LogP contribution < -0.4 is 14.8 Å². The van der Waals surface area contributed by atoms with E-state index in [4.69, 9.17) is 4.74 Å². The molecule has 0 aromatic heterocycles. The lowest BCUT2D eigenvalue weighted by molar-refractivity contribution is -0.137. The van der Waals surface area contributed by atoms with E-state index >= 15 is 0 Å². The molecule has 0 fully saturated rings. The molecule has 1 heterocycles. The van der Waals surface area contributed by atoms with Gasteiger partial charge < -0.3 is 10.1 Å². The Morgan fingerprint density at radius 2 is 1.96 bits per heavy atom. The molecule has 25 heavy (non-hydrogen) atoms. The molecule has 1 aliphatic rings. The number of carbonyl (C=O) groups excluding carboxylic acids is 1. The molecule has 9 heteroatoms. The normalized spacial score (nSPS) is 13.8. The summed E-state index contributed by atoms with van der Waals surface area (Å²) in [5.74, 6) is 0.363. The molecule has 1 aliphatic heterocycles. The van der Waals surface area contributed by atoms with Gasteiger partial charge in [0, 0.05) is 15.9 Å². The van der Waals surface area contributed by atoms with Crippen molar-refractivity contribution in [1.82, 2.24) is 4.72 Å². The van der Waals surface area contributed by atoms with E-state index in [9.17, 15) is 18.0 Å². The molecule has 4 nitrogen and oxygen atoms in total. The second-order valence-corrected chi connectivity index (χ2v) is 7.02. The van der Waals surface area contributed by atoms with Crippen molar-refractivity contribution in [2.24, 2.45) is 0 Å². The average Bonchev–Trinajstić information content (AvgIpc) is 2.55. The van der Waals surface area contributed by atoms with Gasteiger partial charge in [-0.05, 0) is 57.7 Å². The van der Waals surface area contributed by atoms with Crippen molar-refractivity contribution in [1.29, 1.82) is 0 Å². The summed E-state index contributed by atoms with van der Waals surface area (Å²) >= 11 is 4.73. The van der Waals surface area contributed by atoms with Crippen LogP contribution in [-0.4, -0.2) is 12.5 Å². The molecular weight excluding hydrogens is 421 g/mol. The Bertz CT molecular complexity index is 797. The Morgan fingerprint density at radius 1 is 1.24 bits per heavy atom. The van der Waals surface area contributed by atoms with E-state index < -0.39 is 11.7 Å². The lowest BCUT2D eigenvalue weighted by atomic mass is 10.1. The van der Waals surface area contributed by atoms with Crippen LogP contribution >= 0.6 is 27.9 Å². The van der Waals surface area contributed by atoms with Crippen LogP contribution in [0.4, 0.5) is 18.9 Å². The number of benzene rings is 2. The standard InChI is InChI=1S/C16H12BrF3N2O2S/c17-11-5-12-13(24-8-15(23)22-12)6-14(11)25-21-7-9-1-3-10(4-2-9)16(18,19)20/h1-6,21H,7-8H2,(H,22,23). The van der Waals surface area contributed by atoms with Gasteiger partial charge in [0.15, 0.2) is 6.61 Å². The summed E-state index contributed by atoms with van der Waals surface area (Å²) in [6, 6.07) is 8.53. The third-order valence-electron chi connectivity index (χ3n) is 3.41. The number of fused-ring (bicyclic) bond motifs is 1. The molecule has 132 valence electrons. The van der Waals surface area contributed by atoms with Gasteiger partial charge in [0.2, 0.25) is 0 Å². The van der Waals surface area contributed by atoms with Gasteiger partial charge in [-0.25, -0.2) is 0 Å². The molecule has 2 N–H and O–H groups in total. The Hall–Kier alpha value is -1.71. The van der Waals surface area contributed by atoms with Gasteiger partial charge in [-0.3, -0.25) is 9.52 Å². The number of amides is 1. The van der Waals surface area contributed by atoms with Gasteiger partial charge in [0.05, 0.1) is 11.3 Å². The SMILES string of the molecule is O=C1COc2cc(SNCc3ccc(C(F)(F)F)cc3)c(Br)cc2N1. The zero-order chi connectivity index (χ0) is 18.0. The maximum absolute atomic E-state index is 12.5. The molecule has 0 aliphatic carbocycles. The van der Waals surface area contributed by atoms with E-state index in [-0.39, 0.29) is 12.5 Å². The molecule has 0 unspecified atom stereocenters. The van der Waals surface area contributed by atoms with Crippen LogP contribution in [-0.2, 0) is 17.5 Å². The Kier molecular flexibility index (Phi) is 5.26. The summed E-state index contributed by atoms with van der Waals surface area (Å²) < 4.78 is 46.8. The highest BCUT2D eigenvalue weighted by Crippen LogP contribution is 2.37. The van der Waals surface area contributed by atoms with Crippen molar-refractivity contribution in [3.05, 3.63) is 52.0 Å². The monoisotopic (exact) mass is 432 g/mol. The van der Waals surface area contributed by atoms with Gasteiger partial charge in [-0.2, -0.15) is 13.2 Å². The smallest absolute Gasteiger partial charge is 0.416 e. The Labute approximate surface area is 154 Å². The fourth-order valence-electron chi connectivity index (χ4n) is 2.17. The molecular formula is C16H12BrF3N2O2S. The highest BCUT2D eigenvalue weighted by atomic mass is 79.9. The van der Waals surface area contributed by atoms with Crippen LogP contribution in [0.25, 0.3) is 0 Å². The minimum absolute atomic E-state index is 0.0300. The first kappa shape index (κ1) is 18.1. The highest BCUT2D eigenvalue weighted by Gasteiger charge is 2.29. The van der Waals surface area contributed by atoms with E-state index in [2.05, 4.69) is 26.0 Å². The number of anilines is 1. The van der Waals surface area contributed by atoms with Crippen molar-refractivity contribution in [2.75, 3.05) is 11.9 Å². The van der Waals surface area contributed by atoms with Crippen LogP contribution in [0.5, 0.6) is 5.75 Å². The zero-order valence-electron chi connectivity index (χ0n) is 12.6. The van der Waals surface area contributed by atoms with Crippen molar-refractivity contribution in [3.8, 4) is 5.75 Å². The van der Waals surface area contributed by atoms with E-state index in [1.807, 2.05) is 0 Å². The van der Waals surface area contributed by atoms with Gasteiger partial charge >= 0.3 is 6.18 Å². The molecule has 0 saturated heterocycles. The van der Waals surface area contributed by atoms with Crippen molar-refractivity contribution in [2.45, 2.75) is 17.6 Å². The zero-order valence-corrected chi connectivity index (χ0v) is 15.0.